The van der Waals surface area contributed by atoms with Gasteiger partial charge < -0.3 is 14.5 Å². The van der Waals surface area contributed by atoms with Crippen molar-refractivity contribution in [2.24, 2.45) is 0 Å². The van der Waals surface area contributed by atoms with Crippen LogP contribution in [0.3, 0.4) is 0 Å². The second-order valence-corrected chi connectivity index (χ2v) is 11.1. The number of piperazine rings is 1. The molecule has 2 amide bonds. The van der Waals surface area contributed by atoms with Gasteiger partial charge in [0.25, 0.3) is 0 Å². The quantitative estimate of drug-likeness (QED) is 0.695. The molecule has 3 saturated heterocycles. The largest absolute Gasteiger partial charge is 0.497 e. The predicted molar refractivity (Wildman–Crippen MR) is 109 cm³/mol. The summed E-state index contributed by atoms with van der Waals surface area (Å²) in [5.41, 5.74) is 0. The highest BCUT2D eigenvalue weighted by atomic mass is 32.2. The second kappa shape index (κ2) is 7.48. The van der Waals surface area contributed by atoms with Crippen LogP contribution < -0.4 is 4.74 Å². The fourth-order valence-corrected chi connectivity index (χ4v) is 7.11. The minimum atomic E-state index is -3.62. The molecule has 3 aliphatic heterocycles. The number of hydrogen-bond donors (Lipinski definition) is 0. The Labute approximate surface area is 175 Å². The molecular formula is C19H25N3O5S2. The van der Waals surface area contributed by atoms with Gasteiger partial charge in [0.05, 0.1) is 16.9 Å². The number of carbonyl (C=O) groups is 2. The Kier molecular flexibility index (Phi) is 5.28. The molecule has 0 bridgehead atoms. The molecule has 3 heterocycles. The normalized spacial score (nSPS) is 27.9. The van der Waals surface area contributed by atoms with E-state index in [0.717, 1.165) is 6.42 Å². The molecule has 3 fully saturated rings. The van der Waals surface area contributed by atoms with E-state index in [9.17, 15) is 18.0 Å². The zero-order chi connectivity index (χ0) is 20.8. The molecule has 0 saturated carbocycles. The maximum absolute atomic E-state index is 13.1. The van der Waals surface area contributed by atoms with Crippen molar-refractivity contribution in [3.63, 3.8) is 0 Å². The Morgan fingerprint density at radius 2 is 1.83 bits per heavy atom. The summed E-state index contributed by atoms with van der Waals surface area (Å²) in [6, 6.07) is 5.86. The van der Waals surface area contributed by atoms with Gasteiger partial charge in [-0.3, -0.25) is 9.59 Å². The number of rotatable bonds is 4. The first kappa shape index (κ1) is 20.5. The third kappa shape index (κ3) is 3.51. The lowest BCUT2D eigenvalue weighted by molar-refractivity contribution is -0.144. The number of carbonyl (C=O) groups excluding carboxylic acids is 2. The van der Waals surface area contributed by atoms with Gasteiger partial charge in [0.15, 0.2) is 0 Å². The number of sulfonamides is 1. The van der Waals surface area contributed by atoms with Gasteiger partial charge >= 0.3 is 0 Å². The Balaban J connectivity index is 1.41. The van der Waals surface area contributed by atoms with Gasteiger partial charge in [0.2, 0.25) is 21.8 Å². The van der Waals surface area contributed by atoms with Gasteiger partial charge in [-0.1, -0.05) is 0 Å². The van der Waals surface area contributed by atoms with E-state index in [0.29, 0.717) is 31.0 Å². The monoisotopic (exact) mass is 439 g/mol. The Bertz CT molecular complexity index is 912. The van der Waals surface area contributed by atoms with Crippen molar-refractivity contribution in [2.75, 3.05) is 39.0 Å². The van der Waals surface area contributed by atoms with Gasteiger partial charge in [0.1, 0.15) is 11.8 Å². The molecule has 0 aromatic heterocycles. The predicted octanol–water partition coefficient (Wildman–Crippen LogP) is 0.982. The standard InChI is InChI=1S/C19H25N3O5S2/c1-19-8-7-17(23)22(19)16(13-28-19)18(24)20-9-11-21(12-10-20)29(25,26)15-5-3-14(27-2)4-6-15/h3-6,16H,7-13H2,1-2H3/t16-,19-/m1/s1. The summed E-state index contributed by atoms with van der Waals surface area (Å²) < 4.78 is 32.2. The fraction of sp³-hybridized carbons (Fsp3) is 0.579. The Morgan fingerprint density at radius 3 is 2.45 bits per heavy atom. The van der Waals surface area contributed by atoms with Gasteiger partial charge in [0, 0.05) is 38.4 Å². The molecule has 0 radical (unpaired) electrons. The Morgan fingerprint density at radius 1 is 1.17 bits per heavy atom. The molecule has 2 atom stereocenters. The third-order valence-corrected chi connectivity index (χ3v) is 9.40. The molecule has 3 aliphatic rings. The average Bonchev–Trinajstić information content (AvgIpc) is 3.23. The molecule has 1 aromatic carbocycles. The summed E-state index contributed by atoms with van der Waals surface area (Å²) in [4.78, 5) is 28.7. The van der Waals surface area contributed by atoms with Gasteiger partial charge in [-0.15, -0.1) is 11.8 Å². The first-order chi connectivity index (χ1) is 13.8. The molecule has 8 nitrogen and oxygen atoms in total. The highest BCUT2D eigenvalue weighted by Gasteiger charge is 2.53. The molecule has 0 spiro atoms. The fourth-order valence-electron chi connectivity index (χ4n) is 4.26. The summed E-state index contributed by atoms with van der Waals surface area (Å²) in [5.74, 6) is 1.16. The lowest BCUT2D eigenvalue weighted by Gasteiger charge is -2.37. The van der Waals surface area contributed by atoms with Crippen molar-refractivity contribution in [1.29, 1.82) is 0 Å². The van der Waals surface area contributed by atoms with E-state index in [1.165, 1.54) is 23.5 Å². The second-order valence-electron chi connectivity index (χ2n) is 7.67. The summed E-state index contributed by atoms with van der Waals surface area (Å²) in [6.07, 6.45) is 1.26. The minimum absolute atomic E-state index is 0.0385. The van der Waals surface area contributed by atoms with E-state index in [4.69, 9.17) is 4.74 Å². The van der Waals surface area contributed by atoms with E-state index in [2.05, 4.69) is 0 Å². The highest BCUT2D eigenvalue weighted by molar-refractivity contribution is 8.01. The lowest BCUT2D eigenvalue weighted by Crippen LogP contribution is -2.56. The SMILES string of the molecule is COc1ccc(S(=O)(=O)N2CCN(C(=O)[C@H]3CS[C@]4(C)CCC(=O)N34)CC2)cc1. The number of benzene rings is 1. The molecular weight excluding hydrogens is 414 g/mol. The molecule has 10 heteroatoms. The molecule has 0 aliphatic carbocycles. The molecule has 0 unspecified atom stereocenters. The highest BCUT2D eigenvalue weighted by Crippen LogP contribution is 2.47. The van der Waals surface area contributed by atoms with Crippen LogP contribution in [0.5, 0.6) is 5.75 Å². The zero-order valence-electron chi connectivity index (χ0n) is 16.5. The molecule has 4 rings (SSSR count). The molecule has 29 heavy (non-hydrogen) atoms. The first-order valence-electron chi connectivity index (χ1n) is 9.65. The van der Waals surface area contributed by atoms with Crippen LogP contribution in [0.15, 0.2) is 29.2 Å². The number of methoxy groups -OCH3 is 1. The van der Waals surface area contributed by atoms with Gasteiger partial charge in [-0.2, -0.15) is 4.31 Å². The Hall–Kier alpha value is -1.78. The number of hydrogen-bond acceptors (Lipinski definition) is 6. The van der Waals surface area contributed by atoms with Crippen LogP contribution in [0.1, 0.15) is 19.8 Å². The minimum Gasteiger partial charge on any atom is -0.497 e. The lowest BCUT2D eigenvalue weighted by atomic mass is 10.2. The number of amides is 2. The maximum atomic E-state index is 13.1. The summed E-state index contributed by atoms with van der Waals surface area (Å²) in [5, 5.41) is 0. The third-order valence-electron chi connectivity index (χ3n) is 5.98. The maximum Gasteiger partial charge on any atom is 0.246 e. The van der Waals surface area contributed by atoms with Crippen LogP contribution in [0, 0.1) is 0 Å². The van der Waals surface area contributed by atoms with Crippen molar-refractivity contribution in [3.05, 3.63) is 24.3 Å². The number of nitrogens with zero attached hydrogens (tertiary/aromatic N) is 3. The summed E-state index contributed by atoms with van der Waals surface area (Å²) in [7, 11) is -2.09. The molecule has 1 aromatic rings. The summed E-state index contributed by atoms with van der Waals surface area (Å²) in [6.45, 7) is 3.16. The van der Waals surface area contributed by atoms with E-state index in [1.807, 2.05) is 6.92 Å². The topological polar surface area (TPSA) is 87.2 Å². The van der Waals surface area contributed by atoms with Crippen molar-refractivity contribution in [2.45, 2.75) is 35.6 Å². The van der Waals surface area contributed by atoms with Gasteiger partial charge in [-0.25, -0.2) is 8.42 Å². The molecule has 0 N–H and O–H groups in total. The van der Waals surface area contributed by atoms with E-state index >= 15 is 0 Å². The van der Waals surface area contributed by atoms with Crippen molar-refractivity contribution < 1.29 is 22.7 Å². The number of ether oxygens (including phenoxy) is 1. The van der Waals surface area contributed by atoms with Crippen LogP contribution >= 0.6 is 11.8 Å². The van der Waals surface area contributed by atoms with Crippen LogP contribution in [-0.4, -0.2) is 84.3 Å². The van der Waals surface area contributed by atoms with Crippen LogP contribution in [0.4, 0.5) is 0 Å². The number of fused-ring (bicyclic) bond motifs is 1. The van der Waals surface area contributed by atoms with Crippen molar-refractivity contribution >= 4 is 33.6 Å². The van der Waals surface area contributed by atoms with E-state index in [1.54, 1.807) is 33.7 Å². The number of thioether (sulfide) groups is 1. The molecule has 158 valence electrons. The first-order valence-corrected chi connectivity index (χ1v) is 12.1. The summed E-state index contributed by atoms with van der Waals surface area (Å²) >= 11 is 1.67. The van der Waals surface area contributed by atoms with Crippen molar-refractivity contribution in [1.82, 2.24) is 14.1 Å². The zero-order valence-corrected chi connectivity index (χ0v) is 18.2. The average molecular weight is 440 g/mol. The van der Waals surface area contributed by atoms with Crippen LogP contribution in [-0.2, 0) is 19.6 Å². The van der Waals surface area contributed by atoms with E-state index < -0.39 is 16.1 Å². The smallest absolute Gasteiger partial charge is 0.246 e. The van der Waals surface area contributed by atoms with Crippen LogP contribution in [0.25, 0.3) is 0 Å². The van der Waals surface area contributed by atoms with Crippen LogP contribution in [0.2, 0.25) is 0 Å². The van der Waals surface area contributed by atoms with Crippen molar-refractivity contribution in [3.8, 4) is 5.75 Å². The van der Waals surface area contributed by atoms with Gasteiger partial charge in [-0.05, 0) is 37.6 Å². The van der Waals surface area contributed by atoms with E-state index in [-0.39, 0.29) is 34.7 Å².